The molecule has 24 heavy (non-hydrogen) atoms. The minimum absolute atomic E-state index is 0.0189. The molecule has 3 rings (SSSR count). The zero-order valence-corrected chi connectivity index (χ0v) is 14.4. The lowest BCUT2D eigenvalue weighted by Crippen LogP contribution is -2.34. The topological polar surface area (TPSA) is 35.9 Å². The number of hydrazone groups is 1. The number of halogens is 1. The lowest BCUT2D eigenvalue weighted by Gasteiger charge is -2.19. The van der Waals surface area contributed by atoms with Crippen LogP contribution < -0.4 is 0 Å². The van der Waals surface area contributed by atoms with Crippen LogP contribution in [0.3, 0.4) is 0 Å². The monoisotopic (exact) mass is 341 g/mol. The van der Waals surface area contributed by atoms with Gasteiger partial charge in [0.25, 0.3) is 5.91 Å². The molecule has 0 spiro atoms. The number of carbonyl (C=O) groups excluding carboxylic acids is 1. The zero-order valence-electron chi connectivity index (χ0n) is 13.7. The molecule has 2 aromatic carbocycles. The molecule has 0 fully saturated rings. The van der Waals surface area contributed by atoms with E-state index in [9.17, 15) is 4.79 Å². The van der Waals surface area contributed by atoms with Crippen LogP contribution in [0.2, 0.25) is 5.02 Å². The average molecular weight is 342 g/mol. The van der Waals surface area contributed by atoms with E-state index in [1.54, 1.807) is 5.01 Å². The van der Waals surface area contributed by atoms with Crippen LogP contribution in [0, 0.1) is 0 Å². The first-order valence-electron chi connectivity index (χ1n) is 7.98. The molecular weight excluding hydrogens is 322 g/mol. The molecule has 1 aliphatic rings. The molecule has 0 radical (unpaired) electrons. The van der Waals surface area contributed by atoms with Crippen molar-refractivity contribution in [2.45, 2.75) is 13.0 Å². The highest BCUT2D eigenvalue weighted by Gasteiger charge is 2.22. The second-order valence-corrected chi connectivity index (χ2v) is 6.42. The number of carbonyl (C=O) groups is 1. The second-order valence-electron chi connectivity index (χ2n) is 5.98. The van der Waals surface area contributed by atoms with Gasteiger partial charge in [0.15, 0.2) is 0 Å². The normalized spacial score (nSPS) is 14.1. The SMILES string of the molecule is CN(CC(=O)N1CCC(c2ccccc2)=N1)Cc1cccc(Cl)c1. The fourth-order valence-electron chi connectivity index (χ4n) is 2.79. The molecule has 0 unspecified atom stereocenters. The van der Waals surface area contributed by atoms with Gasteiger partial charge in [-0.3, -0.25) is 9.69 Å². The summed E-state index contributed by atoms with van der Waals surface area (Å²) in [4.78, 5) is 14.4. The van der Waals surface area contributed by atoms with Crippen LogP contribution in [0.25, 0.3) is 0 Å². The van der Waals surface area contributed by atoms with Crippen molar-refractivity contribution in [3.8, 4) is 0 Å². The van der Waals surface area contributed by atoms with Crippen LogP contribution in [-0.2, 0) is 11.3 Å². The Morgan fingerprint density at radius 2 is 2.00 bits per heavy atom. The molecule has 0 atom stereocenters. The molecule has 1 heterocycles. The van der Waals surface area contributed by atoms with E-state index in [4.69, 9.17) is 11.6 Å². The standard InChI is InChI=1S/C19H20ClN3O/c1-22(13-15-6-5-9-17(20)12-15)14-19(24)23-11-10-18(21-23)16-7-3-2-4-8-16/h2-9,12H,10-11,13-14H2,1H3. The minimum atomic E-state index is 0.0189. The van der Waals surface area contributed by atoms with Crippen LogP contribution in [-0.4, -0.2) is 41.7 Å². The summed E-state index contributed by atoms with van der Waals surface area (Å²) in [5.74, 6) is 0.0189. The average Bonchev–Trinajstić information content (AvgIpc) is 3.05. The smallest absolute Gasteiger partial charge is 0.256 e. The summed E-state index contributed by atoms with van der Waals surface area (Å²) in [5, 5.41) is 6.78. The summed E-state index contributed by atoms with van der Waals surface area (Å²) in [6.07, 6.45) is 0.799. The number of rotatable bonds is 5. The van der Waals surface area contributed by atoms with E-state index in [0.29, 0.717) is 24.7 Å². The van der Waals surface area contributed by atoms with Crippen molar-refractivity contribution in [2.24, 2.45) is 5.10 Å². The Morgan fingerprint density at radius 3 is 2.75 bits per heavy atom. The highest BCUT2D eigenvalue weighted by molar-refractivity contribution is 6.30. The summed E-state index contributed by atoms with van der Waals surface area (Å²) < 4.78 is 0. The summed E-state index contributed by atoms with van der Waals surface area (Å²) in [5.41, 5.74) is 3.15. The van der Waals surface area contributed by atoms with E-state index in [1.807, 2.05) is 66.5 Å². The number of amides is 1. The molecule has 0 aromatic heterocycles. The first-order chi connectivity index (χ1) is 11.6. The van der Waals surface area contributed by atoms with Crippen LogP contribution in [0.5, 0.6) is 0 Å². The Balaban J connectivity index is 1.58. The predicted octanol–water partition coefficient (Wildman–Crippen LogP) is 3.41. The lowest BCUT2D eigenvalue weighted by molar-refractivity contribution is -0.131. The van der Waals surface area contributed by atoms with Crippen molar-refractivity contribution in [3.05, 3.63) is 70.7 Å². The molecule has 0 aliphatic carbocycles. The summed E-state index contributed by atoms with van der Waals surface area (Å²) in [7, 11) is 1.93. The summed E-state index contributed by atoms with van der Waals surface area (Å²) in [6.45, 7) is 1.65. The van der Waals surface area contributed by atoms with E-state index >= 15 is 0 Å². The van der Waals surface area contributed by atoms with Crippen molar-refractivity contribution < 1.29 is 4.79 Å². The van der Waals surface area contributed by atoms with Gasteiger partial charge in [0, 0.05) is 18.0 Å². The van der Waals surface area contributed by atoms with E-state index in [2.05, 4.69) is 5.10 Å². The molecule has 124 valence electrons. The maximum atomic E-state index is 12.4. The molecule has 0 saturated carbocycles. The van der Waals surface area contributed by atoms with Gasteiger partial charge in [-0.1, -0.05) is 54.1 Å². The Labute approximate surface area is 147 Å². The molecule has 2 aromatic rings. The molecule has 5 heteroatoms. The third kappa shape index (κ3) is 4.22. The molecule has 1 aliphatic heterocycles. The maximum Gasteiger partial charge on any atom is 0.256 e. The van der Waals surface area contributed by atoms with Crippen molar-refractivity contribution in [1.82, 2.24) is 9.91 Å². The zero-order chi connectivity index (χ0) is 16.9. The second kappa shape index (κ2) is 7.60. The van der Waals surface area contributed by atoms with Crippen molar-refractivity contribution >= 4 is 23.2 Å². The Bertz CT molecular complexity index is 745. The maximum absolute atomic E-state index is 12.4. The van der Waals surface area contributed by atoms with Gasteiger partial charge >= 0.3 is 0 Å². The highest BCUT2D eigenvalue weighted by Crippen LogP contribution is 2.15. The fourth-order valence-corrected chi connectivity index (χ4v) is 3.00. The predicted molar refractivity (Wildman–Crippen MR) is 97.1 cm³/mol. The first kappa shape index (κ1) is 16.7. The molecule has 0 saturated heterocycles. The lowest BCUT2D eigenvalue weighted by atomic mass is 10.1. The number of hydrogen-bond acceptors (Lipinski definition) is 3. The van der Waals surface area contributed by atoms with Gasteiger partial charge in [0.2, 0.25) is 0 Å². The van der Waals surface area contributed by atoms with Gasteiger partial charge in [-0.2, -0.15) is 5.10 Å². The number of hydrogen-bond donors (Lipinski definition) is 0. The minimum Gasteiger partial charge on any atom is -0.293 e. The number of nitrogens with zero attached hydrogens (tertiary/aromatic N) is 3. The Kier molecular flexibility index (Phi) is 5.28. The fraction of sp³-hybridized carbons (Fsp3) is 0.263. The van der Waals surface area contributed by atoms with Crippen LogP contribution >= 0.6 is 11.6 Å². The van der Waals surface area contributed by atoms with Crippen molar-refractivity contribution in [3.63, 3.8) is 0 Å². The molecule has 4 nitrogen and oxygen atoms in total. The van der Waals surface area contributed by atoms with E-state index < -0.39 is 0 Å². The van der Waals surface area contributed by atoms with E-state index in [1.165, 1.54) is 0 Å². The Hall–Kier alpha value is -2.17. The summed E-state index contributed by atoms with van der Waals surface area (Å²) in [6, 6.07) is 17.7. The largest absolute Gasteiger partial charge is 0.293 e. The highest BCUT2D eigenvalue weighted by atomic mass is 35.5. The summed E-state index contributed by atoms with van der Waals surface area (Å²) >= 11 is 6.00. The van der Waals surface area contributed by atoms with Crippen LogP contribution in [0.15, 0.2) is 59.7 Å². The third-order valence-electron chi connectivity index (χ3n) is 3.94. The molecule has 0 bridgehead atoms. The molecular formula is C19H20ClN3O. The van der Waals surface area contributed by atoms with Gasteiger partial charge in [-0.05, 0) is 30.3 Å². The van der Waals surface area contributed by atoms with Gasteiger partial charge in [0.1, 0.15) is 0 Å². The number of benzene rings is 2. The van der Waals surface area contributed by atoms with Crippen LogP contribution in [0.1, 0.15) is 17.5 Å². The number of likely N-dealkylation sites (N-methyl/N-ethyl adjacent to an activating group) is 1. The Morgan fingerprint density at radius 1 is 1.21 bits per heavy atom. The van der Waals surface area contributed by atoms with Crippen molar-refractivity contribution in [2.75, 3.05) is 20.1 Å². The molecule has 0 N–H and O–H groups in total. The van der Waals surface area contributed by atoms with Gasteiger partial charge in [-0.25, -0.2) is 5.01 Å². The van der Waals surface area contributed by atoms with Gasteiger partial charge < -0.3 is 0 Å². The van der Waals surface area contributed by atoms with Crippen LogP contribution in [0.4, 0.5) is 0 Å². The quantitative estimate of drug-likeness (QED) is 0.835. The molecule has 1 amide bonds. The third-order valence-corrected chi connectivity index (χ3v) is 4.18. The van der Waals surface area contributed by atoms with E-state index in [0.717, 1.165) is 23.3 Å². The van der Waals surface area contributed by atoms with Gasteiger partial charge in [-0.15, -0.1) is 0 Å². The van der Waals surface area contributed by atoms with E-state index in [-0.39, 0.29) is 5.91 Å². The van der Waals surface area contributed by atoms with Gasteiger partial charge in [0.05, 0.1) is 18.8 Å². The first-order valence-corrected chi connectivity index (χ1v) is 8.36. The van der Waals surface area contributed by atoms with Crippen molar-refractivity contribution in [1.29, 1.82) is 0 Å².